The highest BCUT2D eigenvalue weighted by molar-refractivity contribution is 6.05. The molecule has 2 aromatic heterocycles. The van der Waals surface area contributed by atoms with Gasteiger partial charge in [0.2, 0.25) is 0 Å². The number of hydrogen-bond acceptors (Lipinski definition) is 4. The van der Waals surface area contributed by atoms with E-state index in [1.54, 1.807) is 60.8 Å². The third-order valence-corrected chi connectivity index (χ3v) is 3.96. The molecule has 24 heavy (non-hydrogen) atoms. The molecule has 0 saturated heterocycles. The first-order valence-corrected chi connectivity index (χ1v) is 7.69. The first kappa shape index (κ1) is 15.9. The maximum Gasteiger partial charge on any atom is 0.319 e. The molecule has 0 saturated carbocycles. The standard InChI is InChI=1S/C17H19N5O2/c1-21(2)17(24)22-7-5-14-12(11-22)8-19-10-15(14)16(23)20-13-4-3-6-18-9-13/h3-4,6,8-10H,5,7,11H2,1-2H3,(H,20,23). The van der Waals surface area contributed by atoms with Gasteiger partial charge in [-0.05, 0) is 29.7 Å². The average Bonchev–Trinajstić information content (AvgIpc) is 2.60. The molecule has 7 nitrogen and oxygen atoms in total. The smallest absolute Gasteiger partial charge is 0.319 e. The predicted octanol–water partition coefficient (Wildman–Crippen LogP) is 1.77. The lowest BCUT2D eigenvalue weighted by Gasteiger charge is -2.31. The molecule has 0 fully saturated rings. The molecule has 0 unspecified atom stereocenters. The van der Waals surface area contributed by atoms with Gasteiger partial charge >= 0.3 is 6.03 Å². The van der Waals surface area contributed by atoms with E-state index in [-0.39, 0.29) is 11.9 Å². The molecule has 3 rings (SSSR count). The quantitative estimate of drug-likeness (QED) is 0.913. The van der Waals surface area contributed by atoms with Crippen LogP contribution in [0.15, 0.2) is 36.9 Å². The Morgan fingerprint density at radius 3 is 2.75 bits per heavy atom. The third-order valence-electron chi connectivity index (χ3n) is 3.96. The summed E-state index contributed by atoms with van der Waals surface area (Å²) in [7, 11) is 3.46. The van der Waals surface area contributed by atoms with Crippen LogP contribution in [-0.2, 0) is 13.0 Å². The molecule has 0 aliphatic carbocycles. The molecule has 1 N–H and O–H groups in total. The van der Waals surface area contributed by atoms with E-state index >= 15 is 0 Å². The fraction of sp³-hybridized carbons (Fsp3) is 0.294. The zero-order chi connectivity index (χ0) is 17.1. The number of aromatic nitrogens is 2. The number of fused-ring (bicyclic) bond motifs is 1. The minimum absolute atomic E-state index is 0.0362. The molecule has 2 aromatic rings. The number of pyridine rings is 2. The Hall–Kier alpha value is -2.96. The molecule has 0 spiro atoms. The highest BCUT2D eigenvalue weighted by Gasteiger charge is 2.25. The van der Waals surface area contributed by atoms with E-state index in [0.717, 1.165) is 11.1 Å². The SMILES string of the molecule is CN(C)C(=O)N1CCc2c(cncc2C(=O)Nc2cccnc2)C1. The summed E-state index contributed by atoms with van der Waals surface area (Å²) >= 11 is 0. The Balaban J connectivity index is 1.81. The van der Waals surface area contributed by atoms with Crippen molar-refractivity contribution < 1.29 is 9.59 Å². The topological polar surface area (TPSA) is 78.4 Å². The van der Waals surface area contributed by atoms with Crippen molar-refractivity contribution in [2.75, 3.05) is 26.0 Å². The number of nitrogens with one attached hydrogen (secondary N) is 1. The Bertz CT molecular complexity index is 761. The van der Waals surface area contributed by atoms with Crippen LogP contribution in [0.1, 0.15) is 21.5 Å². The maximum atomic E-state index is 12.5. The summed E-state index contributed by atoms with van der Waals surface area (Å²) in [5, 5.41) is 2.83. The van der Waals surface area contributed by atoms with Gasteiger partial charge in [0, 0.05) is 45.8 Å². The van der Waals surface area contributed by atoms with Gasteiger partial charge in [-0.3, -0.25) is 14.8 Å². The van der Waals surface area contributed by atoms with E-state index in [9.17, 15) is 9.59 Å². The van der Waals surface area contributed by atoms with Gasteiger partial charge in [-0.15, -0.1) is 0 Å². The van der Waals surface area contributed by atoms with Crippen molar-refractivity contribution in [3.63, 3.8) is 0 Å². The van der Waals surface area contributed by atoms with Gasteiger partial charge in [0.25, 0.3) is 5.91 Å². The van der Waals surface area contributed by atoms with Crippen molar-refractivity contribution in [3.05, 3.63) is 53.6 Å². The summed E-state index contributed by atoms with van der Waals surface area (Å²) in [6, 6.07) is 3.51. The summed E-state index contributed by atoms with van der Waals surface area (Å²) in [5.41, 5.74) is 3.05. The second kappa shape index (κ2) is 6.66. The Kier molecular flexibility index (Phi) is 4.41. The fourth-order valence-electron chi connectivity index (χ4n) is 2.77. The van der Waals surface area contributed by atoms with Gasteiger partial charge in [-0.1, -0.05) is 0 Å². The summed E-state index contributed by atoms with van der Waals surface area (Å²) in [6.45, 7) is 1.05. The molecule has 0 bridgehead atoms. The van der Waals surface area contributed by atoms with Crippen LogP contribution in [0.4, 0.5) is 10.5 Å². The first-order chi connectivity index (χ1) is 11.6. The third kappa shape index (κ3) is 3.19. The molecule has 0 aromatic carbocycles. The minimum atomic E-state index is -0.209. The summed E-state index contributed by atoms with van der Waals surface area (Å²) in [4.78, 5) is 36.1. The highest BCUT2D eigenvalue weighted by atomic mass is 16.2. The lowest BCUT2D eigenvalue weighted by Crippen LogP contribution is -2.42. The molecule has 7 heteroatoms. The Labute approximate surface area is 140 Å². The van der Waals surface area contributed by atoms with Crippen molar-refractivity contribution in [1.82, 2.24) is 19.8 Å². The summed E-state index contributed by atoms with van der Waals surface area (Å²) < 4.78 is 0. The van der Waals surface area contributed by atoms with Gasteiger partial charge in [0.1, 0.15) is 0 Å². The van der Waals surface area contributed by atoms with Crippen LogP contribution in [-0.4, -0.2) is 52.3 Å². The average molecular weight is 325 g/mol. The molecule has 0 radical (unpaired) electrons. The van der Waals surface area contributed by atoms with Crippen molar-refractivity contribution in [1.29, 1.82) is 0 Å². The molecule has 0 atom stereocenters. The Morgan fingerprint density at radius 2 is 2.04 bits per heavy atom. The highest BCUT2D eigenvalue weighted by Crippen LogP contribution is 2.23. The number of anilines is 1. The zero-order valence-corrected chi connectivity index (χ0v) is 13.7. The van der Waals surface area contributed by atoms with Crippen molar-refractivity contribution >= 4 is 17.6 Å². The number of nitrogens with zero attached hydrogens (tertiary/aromatic N) is 4. The van der Waals surface area contributed by atoms with Crippen molar-refractivity contribution in [2.45, 2.75) is 13.0 Å². The second-order valence-electron chi connectivity index (χ2n) is 5.87. The maximum absolute atomic E-state index is 12.5. The van der Waals surface area contributed by atoms with Crippen LogP contribution in [0.5, 0.6) is 0 Å². The number of rotatable bonds is 2. The second-order valence-corrected chi connectivity index (χ2v) is 5.87. The minimum Gasteiger partial charge on any atom is -0.331 e. The fourth-order valence-corrected chi connectivity index (χ4v) is 2.77. The molecular formula is C17H19N5O2. The lowest BCUT2D eigenvalue weighted by atomic mass is 9.97. The molecular weight excluding hydrogens is 306 g/mol. The van der Waals surface area contributed by atoms with Crippen LogP contribution in [0.25, 0.3) is 0 Å². The van der Waals surface area contributed by atoms with Crippen LogP contribution in [0.2, 0.25) is 0 Å². The van der Waals surface area contributed by atoms with E-state index in [1.807, 2.05) is 0 Å². The van der Waals surface area contributed by atoms with E-state index in [1.165, 1.54) is 0 Å². The van der Waals surface area contributed by atoms with Gasteiger partial charge in [-0.25, -0.2) is 4.79 Å². The van der Waals surface area contributed by atoms with E-state index in [4.69, 9.17) is 0 Å². The predicted molar refractivity (Wildman–Crippen MR) is 89.6 cm³/mol. The lowest BCUT2D eigenvalue weighted by molar-refractivity contribution is 0.102. The largest absolute Gasteiger partial charge is 0.331 e. The van der Waals surface area contributed by atoms with E-state index < -0.39 is 0 Å². The number of carbonyl (C=O) groups is 2. The number of carbonyl (C=O) groups excluding carboxylic acids is 2. The van der Waals surface area contributed by atoms with Crippen LogP contribution in [0, 0.1) is 0 Å². The number of amides is 3. The van der Waals surface area contributed by atoms with Gasteiger partial charge in [0.05, 0.1) is 17.4 Å². The van der Waals surface area contributed by atoms with Crippen molar-refractivity contribution in [2.24, 2.45) is 0 Å². The molecule has 3 heterocycles. The molecule has 1 aliphatic rings. The van der Waals surface area contributed by atoms with Gasteiger partial charge in [-0.2, -0.15) is 0 Å². The molecule has 124 valence electrons. The van der Waals surface area contributed by atoms with Crippen LogP contribution >= 0.6 is 0 Å². The first-order valence-electron chi connectivity index (χ1n) is 7.69. The van der Waals surface area contributed by atoms with Crippen LogP contribution < -0.4 is 5.32 Å². The summed E-state index contributed by atoms with van der Waals surface area (Å²) in [5.74, 6) is -0.209. The van der Waals surface area contributed by atoms with Gasteiger partial charge in [0.15, 0.2) is 0 Å². The number of urea groups is 1. The van der Waals surface area contributed by atoms with E-state index in [2.05, 4.69) is 15.3 Å². The van der Waals surface area contributed by atoms with E-state index in [0.29, 0.717) is 30.8 Å². The van der Waals surface area contributed by atoms with Crippen molar-refractivity contribution in [3.8, 4) is 0 Å². The monoisotopic (exact) mass is 325 g/mol. The Morgan fingerprint density at radius 1 is 1.21 bits per heavy atom. The molecule has 1 aliphatic heterocycles. The van der Waals surface area contributed by atoms with Crippen LogP contribution in [0.3, 0.4) is 0 Å². The van der Waals surface area contributed by atoms with Gasteiger partial charge < -0.3 is 15.1 Å². The summed E-state index contributed by atoms with van der Waals surface area (Å²) in [6.07, 6.45) is 7.18. The normalized spacial score (nSPS) is 13.2. The number of hydrogen-bond donors (Lipinski definition) is 1. The zero-order valence-electron chi connectivity index (χ0n) is 13.7. The molecule has 3 amide bonds.